The Bertz CT molecular complexity index is 40.4. The van der Waals surface area contributed by atoms with Gasteiger partial charge in [-0.25, -0.2) is 0 Å². The first kappa shape index (κ1) is 11.9. The van der Waals surface area contributed by atoms with Crippen LogP contribution < -0.4 is 5.32 Å². The van der Waals surface area contributed by atoms with E-state index in [1.807, 2.05) is 0 Å². The summed E-state index contributed by atoms with van der Waals surface area (Å²) in [4.78, 5) is 0. The van der Waals surface area contributed by atoms with Crippen LogP contribution in [-0.2, 0) is 0 Å². The molecule has 0 fully saturated rings. The monoisotopic (exact) mass is 147 g/mol. The van der Waals surface area contributed by atoms with Crippen LogP contribution in [0, 0.1) is 0 Å². The van der Waals surface area contributed by atoms with E-state index in [1.54, 1.807) is 0 Å². The predicted molar refractivity (Wildman–Crippen MR) is 35.0 cm³/mol. The van der Waals surface area contributed by atoms with E-state index < -0.39 is 0 Å². The molecular formula is C4H13CaNO2. The molecule has 4 heteroatoms. The fraction of sp³-hybridized carbons (Fsp3) is 1.00. The summed E-state index contributed by atoms with van der Waals surface area (Å²) in [6.07, 6.45) is 0. The topological polar surface area (TPSA) is 52.5 Å². The molecule has 0 radical (unpaired) electrons. The summed E-state index contributed by atoms with van der Waals surface area (Å²) in [7, 11) is 0. The van der Waals surface area contributed by atoms with Crippen molar-refractivity contribution in [3.63, 3.8) is 0 Å². The van der Waals surface area contributed by atoms with E-state index in [1.165, 1.54) is 0 Å². The van der Waals surface area contributed by atoms with E-state index in [9.17, 15) is 0 Å². The van der Waals surface area contributed by atoms with E-state index in [0.29, 0.717) is 13.1 Å². The first-order valence-corrected chi connectivity index (χ1v) is 2.34. The summed E-state index contributed by atoms with van der Waals surface area (Å²) >= 11 is 0. The van der Waals surface area contributed by atoms with E-state index in [-0.39, 0.29) is 53.8 Å². The zero-order valence-electron chi connectivity index (χ0n) is 6.93. The number of nitrogens with one attached hydrogen (secondary N) is 1. The van der Waals surface area contributed by atoms with Crippen LogP contribution in [-0.4, -0.2) is 74.3 Å². The molecule has 8 heavy (non-hydrogen) atoms. The molecule has 0 heterocycles. The zero-order valence-corrected chi connectivity index (χ0v) is 7.14. The van der Waals surface area contributed by atoms with Crippen molar-refractivity contribution < 1.29 is 13.1 Å². The van der Waals surface area contributed by atoms with Crippen molar-refractivity contribution in [2.75, 3.05) is 26.3 Å². The third-order valence-corrected chi connectivity index (χ3v) is 0.577. The van der Waals surface area contributed by atoms with Crippen molar-refractivity contribution in [3.8, 4) is 0 Å². The average molecular weight is 147 g/mol. The van der Waals surface area contributed by atoms with E-state index in [0.717, 1.165) is 0 Å². The summed E-state index contributed by atoms with van der Waals surface area (Å²) in [6.45, 7) is 1.42. The van der Waals surface area contributed by atoms with Gasteiger partial charge in [-0.2, -0.15) is 0 Å². The molecule has 0 unspecified atom stereocenters. The molecule has 0 aromatic heterocycles. The van der Waals surface area contributed by atoms with E-state index in [2.05, 4.69) is 5.32 Å². The minimum Gasteiger partial charge on any atom is -1.00 e. The fourth-order valence-electron chi connectivity index (χ4n) is 0.283. The van der Waals surface area contributed by atoms with E-state index in [4.69, 9.17) is 10.2 Å². The summed E-state index contributed by atoms with van der Waals surface area (Å²) in [5.74, 6) is 0. The summed E-state index contributed by atoms with van der Waals surface area (Å²) in [5, 5.41) is 19.1. The molecule has 0 aromatic carbocycles. The van der Waals surface area contributed by atoms with Crippen molar-refractivity contribution in [2.24, 2.45) is 0 Å². The van der Waals surface area contributed by atoms with Gasteiger partial charge in [-0.05, 0) is 0 Å². The SMILES string of the molecule is OCCNCCO.[Ca+2].[H-].[H-]. The van der Waals surface area contributed by atoms with Gasteiger partial charge >= 0.3 is 37.7 Å². The van der Waals surface area contributed by atoms with Gasteiger partial charge in [-0.1, -0.05) is 0 Å². The van der Waals surface area contributed by atoms with Crippen LogP contribution in [0.4, 0.5) is 0 Å². The predicted octanol–water partition coefficient (Wildman–Crippen LogP) is -1.60. The van der Waals surface area contributed by atoms with Gasteiger partial charge in [0, 0.05) is 13.1 Å². The molecule has 0 amide bonds. The molecule has 3 nitrogen and oxygen atoms in total. The van der Waals surface area contributed by atoms with Crippen LogP contribution >= 0.6 is 0 Å². The molecule has 0 saturated heterocycles. The largest absolute Gasteiger partial charge is 2.00 e. The van der Waals surface area contributed by atoms with Crippen LogP contribution in [0.2, 0.25) is 0 Å². The molecule has 0 saturated carbocycles. The third kappa shape index (κ3) is 10.2. The molecule has 3 N–H and O–H groups in total. The number of hydrogen-bond acceptors (Lipinski definition) is 3. The third-order valence-electron chi connectivity index (χ3n) is 0.577. The average Bonchev–Trinajstić information content (AvgIpc) is 1.69. The number of hydrogen-bond donors (Lipinski definition) is 3. The van der Waals surface area contributed by atoms with Crippen molar-refractivity contribution >= 4 is 37.7 Å². The molecule has 0 aliphatic carbocycles. The molecule has 48 valence electrons. The molecule has 0 atom stereocenters. The minimum atomic E-state index is 0. The quantitative estimate of drug-likeness (QED) is 0.332. The van der Waals surface area contributed by atoms with Gasteiger partial charge in [0.25, 0.3) is 0 Å². The second-order valence-corrected chi connectivity index (χ2v) is 1.20. The Morgan fingerprint density at radius 1 is 1.12 bits per heavy atom. The second-order valence-electron chi connectivity index (χ2n) is 1.20. The van der Waals surface area contributed by atoms with Crippen molar-refractivity contribution in [1.29, 1.82) is 0 Å². The van der Waals surface area contributed by atoms with Gasteiger partial charge in [0.05, 0.1) is 13.2 Å². The smallest absolute Gasteiger partial charge is 1.00 e. The Labute approximate surface area is 82.1 Å². The zero-order chi connectivity index (χ0) is 5.54. The van der Waals surface area contributed by atoms with Crippen molar-refractivity contribution in [2.45, 2.75) is 0 Å². The van der Waals surface area contributed by atoms with Crippen LogP contribution in [0.1, 0.15) is 2.85 Å². The standard InChI is InChI=1S/C4H11NO2.Ca.2H/c6-3-1-5-2-4-7;;;/h5-7H,1-4H2;;;/q;+2;2*-1. The summed E-state index contributed by atoms with van der Waals surface area (Å²) in [6, 6.07) is 0. The van der Waals surface area contributed by atoms with Gasteiger partial charge in [0.2, 0.25) is 0 Å². The van der Waals surface area contributed by atoms with Crippen LogP contribution in [0.3, 0.4) is 0 Å². The van der Waals surface area contributed by atoms with Gasteiger partial charge < -0.3 is 18.4 Å². The molecule has 0 aliphatic heterocycles. The molecule has 0 rings (SSSR count). The Balaban J connectivity index is -0.0000000600. The number of rotatable bonds is 4. The summed E-state index contributed by atoms with van der Waals surface area (Å²) in [5.41, 5.74) is 0. The first-order valence-electron chi connectivity index (χ1n) is 2.34. The van der Waals surface area contributed by atoms with Crippen molar-refractivity contribution in [3.05, 3.63) is 0 Å². The maximum absolute atomic E-state index is 8.15. The van der Waals surface area contributed by atoms with Crippen LogP contribution in [0.5, 0.6) is 0 Å². The van der Waals surface area contributed by atoms with Gasteiger partial charge in [-0.3, -0.25) is 0 Å². The minimum absolute atomic E-state index is 0. The fourth-order valence-corrected chi connectivity index (χ4v) is 0.283. The number of aliphatic hydroxyl groups is 2. The Hall–Kier alpha value is 1.14. The second kappa shape index (κ2) is 11.0. The molecular weight excluding hydrogens is 134 g/mol. The Morgan fingerprint density at radius 3 is 1.75 bits per heavy atom. The van der Waals surface area contributed by atoms with Crippen LogP contribution in [0.25, 0.3) is 0 Å². The number of aliphatic hydroxyl groups excluding tert-OH is 2. The maximum Gasteiger partial charge on any atom is 2.00 e. The Kier molecular flexibility index (Phi) is 16.3. The van der Waals surface area contributed by atoms with Gasteiger partial charge in [-0.15, -0.1) is 0 Å². The van der Waals surface area contributed by atoms with Gasteiger partial charge in [0.15, 0.2) is 0 Å². The molecule has 0 spiro atoms. The van der Waals surface area contributed by atoms with Crippen molar-refractivity contribution in [1.82, 2.24) is 5.32 Å². The first-order chi connectivity index (χ1) is 3.41. The maximum atomic E-state index is 8.15. The van der Waals surface area contributed by atoms with E-state index >= 15 is 0 Å². The molecule has 0 bridgehead atoms. The van der Waals surface area contributed by atoms with Gasteiger partial charge in [0.1, 0.15) is 0 Å². The molecule has 0 aliphatic rings. The summed E-state index contributed by atoms with van der Waals surface area (Å²) < 4.78 is 0. The normalized spacial score (nSPS) is 8.25. The molecule has 0 aromatic rings. The van der Waals surface area contributed by atoms with Crippen LogP contribution in [0.15, 0.2) is 0 Å². The Morgan fingerprint density at radius 2 is 1.50 bits per heavy atom.